The van der Waals surface area contributed by atoms with Crippen LogP contribution in [0.2, 0.25) is 0 Å². The fraction of sp³-hybridized carbons (Fsp3) is 0.316. The van der Waals surface area contributed by atoms with Crippen LogP contribution in [0.1, 0.15) is 0 Å². The first kappa shape index (κ1) is 20.7. The minimum absolute atomic E-state index is 0.0335. The number of anilines is 1. The van der Waals surface area contributed by atoms with Crippen LogP contribution in [0.15, 0.2) is 59.5 Å². The first-order valence-corrected chi connectivity index (χ1v) is 10.6. The molecule has 1 N–H and O–H groups in total. The Morgan fingerprint density at radius 3 is 2.31 bits per heavy atom. The van der Waals surface area contributed by atoms with E-state index in [1.165, 1.54) is 41.3 Å². The van der Waals surface area contributed by atoms with Gasteiger partial charge in [0.25, 0.3) is 15.7 Å². The first-order chi connectivity index (χ1) is 13.8. The zero-order valence-electron chi connectivity index (χ0n) is 16.0. The Balaban J connectivity index is 2.01. The molecule has 0 unspecified atom stereocenters. The lowest BCUT2D eigenvalue weighted by Crippen LogP contribution is -3.12. The maximum atomic E-state index is 13.3. The van der Waals surface area contributed by atoms with Crippen molar-refractivity contribution in [2.24, 2.45) is 0 Å². The molecule has 0 atom stereocenters. The molecule has 1 aliphatic rings. The summed E-state index contributed by atoms with van der Waals surface area (Å²) in [5.74, 6) is -0.379. The van der Waals surface area contributed by atoms with Gasteiger partial charge in [-0.15, -0.1) is 0 Å². The van der Waals surface area contributed by atoms with Gasteiger partial charge in [-0.2, -0.15) is 0 Å². The summed E-state index contributed by atoms with van der Waals surface area (Å²) < 4.78 is 27.5. The van der Waals surface area contributed by atoms with Crippen molar-refractivity contribution in [1.82, 2.24) is 4.90 Å². The summed E-state index contributed by atoms with van der Waals surface area (Å²) in [6.45, 7) is 2.06. The molecular formula is C19H23N4O5S+. The van der Waals surface area contributed by atoms with Crippen LogP contribution in [-0.2, 0) is 14.8 Å². The molecule has 0 aromatic heterocycles. The first-order valence-electron chi connectivity index (χ1n) is 9.21. The van der Waals surface area contributed by atoms with Crippen molar-refractivity contribution in [3.8, 4) is 0 Å². The van der Waals surface area contributed by atoms with Gasteiger partial charge in [0, 0.05) is 6.07 Å². The van der Waals surface area contributed by atoms with E-state index in [1.54, 1.807) is 23.1 Å². The van der Waals surface area contributed by atoms with Gasteiger partial charge in [0.15, 0.2) is 0 Å². The number of nitro benzene ring substituents is 1. The minimum atomic E-state index is -4.18. The summed E-state index contributed by atoms with van der Waals surface area (Å²) in [4.78, 5) is 26.6. The number of rotatable bonds is 6. The van der Waals surface area contributed by atoms with Crippen molar-refractivity contribution < 1.29 is 23.0 Å². The second kappa shape index (κ2) is 8.58. The number of nitrogens with zero attached hydrogens (tertiary/aromatic N) is 3. The molecule has 1 saturated heterocycles. The molecule has 2 aromatic carbocycles. The largest absolute Gasteiger partial charge is 0.334 e. The second-order valence-corrected chi connectivity index (χ2v) is 8.77. The van der Waals surface area contributed by atoms with Crippen molar-refractivity contribution in [3.63, 3.8) is 0 Å². The zero-order chi connectivity index (χ0) is 21.0. The van der Waals surface area contributed by atoms with Crippen LogP contribution in [0.4, 0.5) is 11.4 Å². The van der Waals surface area contributed by atoms with E-state index in [0.29, 0.717) is 13.1 Å². The molecule has 2 aromatic rings. The van der Waals surface area contributed by atoms with E-state index in [4.69, 9.17) is 0 Å². The Morgan fingerprint density at radius 1 is 1.10 bits per heavy atom. The summed E-state index contributed by atoms with van der Waals surface area (Å²) in [6.07, 6.45) is 0. The van der Waals surface area contributed by atoms with Crippen LogP contribution in [0.25, 0.3) is 0 Å². The summed E-state index contributed by atoms with van der Waals surface area (Å²) in [7, 11) is -2.15. The SMILES string of the molecule is C[NH+]1CCN(C(=O)CN(c2ccccc2[N+](=O)[O-])S(=O)(=O)c2ccccc2)CC1. The minimum Gasteiger partial charge on any atom is -0.334 e. The smallest absolute Gasteiger partial charge is 0.293 e. The highest BCUT2D eigenvalue weighted by atomic mass is 32.2. The topological polar surface area (TPSA) is 105 Å². The average Bonchev–Trinajstić information content (AvgIpc) is 2.73. The molecular weight excluding hydrogens is 396 g/mol. The van der Waals surface area contributed by atoms with Gasteiger partial charge >= 0.3 is 0 Å². The van der Waals surface area contributed by atoms with Crippen LogP contribution in [0.3, 0.4) is 0 Å². The fourth-order valence-electron chi connectivity index (χ4n) is 3.21. The number of nitrogens with one attached hydrogen (secondary N) is 1. The number of amides is 1. The Bertz CT molecular complexity index is 989. The molecule has 154 valence electrons. The van der Waals surface area contributed by atoms with Crippen molar-refractivity contribution >= 4 is 27.3 Å². The maximum absolute atomic E-state index is 13.3. The van der Waals surface area contributed by atoms with Gasteiger partial charge in [-0.1, -0.05) is 30.3 Å². The number of benzene rings is 2. The molecule has 29 heavy (non-hydrogen) atoms. The molecule has 9 nitrogen and oxygen atoms in total. The van der Waals surface area contributed by atoms with E-state index in [2.05, 4.69) is 0 Å². The van der Waals surface area contributed by atoms with E-state index in [1.807, 2.05) is 7.05 Å². The summed E-state index contributed by atoms with van der Waals surface area (Å²) >= 11 is 0. The van der Waals surface area contributed by atoms with Gasteiger partial charge in [-0.3, -0.25) is 14.9 Å². The van der Waals surface area contributed by atoms with Crippen molar-refractivity contribution in [2.45, 2.75) is 4.90 Å². The average molecular weight is 419 g/mol. The second-order valence-electron chi connectivity index (χ2n) is 6.91. The van der Waals surface area contributed by atoms with E-state index in [9.17, 15) is 23.3 Å². The van der Waals surface area contributed by atoms with Crippen LogP contribution >= 0.6 is 0 Å². The van der Waals surface area contributed by atoms with Crippen LogP contribution < -0.4 is 9.21 Å². The monoisotopic (exact) mass is 419 g/mol. The number of carbonyl (C=O) groups excluding carboxylic acids is 1. The molecule has 1 heterocycles. The molecule has 0 saturated carbocycles. The standard InChI is InChI=1S/C19H22N4O5S/c1-20-11-13-21(14-12-20)19(24)15-22(17-9-5-6-10-18(17)23(25)26)29(27,28)16-7-3-2-4-8-16/h2-10H,11-15H2,1H3/p+1. The highest BCUT2D eigenvalue weighted by Crippen LogP contribution is 2.32. The summed E-state index contributed by atoms with van der Waals surface area (Å²) in [5, 5.41) is 11.5. The number of hydrogen-bond acceptors (Lipinski definition) is 5. The molecule has 0 spiro atoms. The molecule has 3 rings (SSSR count). The Labute approximate surface area is 169 Å². The Hall–Kier alpha value is -2.98. The number of likely N-dealkylation sites (N-methyl/N-ethyl adjacent to an activating group) is 1. The third-order valence-electron chi connectivity index (χ3n) is 4.93. The van der Waals surface area contributed by atoms with E-state index in [0.717, 1.165) is 17.4 Å². The molecule has 1 amide bonds. The fourth-order valence-corrected chi connectivity index (χ4v) is 4.66. The van der Waals surface area contributed by atoms with Crippen molar-refractivity contribution in [1.29, 1.82) is 0 Å². The van der Waals surface area contributed by atoms with E-state index >= 15 is 0 Å². The number of carbonyl (C=O) groups is 1. The van der Waals surface area contributed by atoms with Crippen LogP contribution in [0.5, 0.6) is 0 Å². The zero-order valence-corrected chi connectivity index (χ0v) is 16.8. The predicted molar refractivity (Wildman–Crippen MR) is 107 cm³/mol. The number of para-hydroxylation sites is 2. The van der Waals surface area contributed by atoms with Crippen LogP contribution in [-0.4, -0.2) is 63.9 Å². The molecule has 10 heteroatoms. The summed E-state index contributed by atoms with van der Waals surface area (Å²) in [6, 6.07) is 13.2. The molecule has 0 radical (unpaired) electrons. The number of nitro groups is 1. The number of sulfonamides is 1. The van der Waals surface area contributed by atoms with Gasteiger partial charge in [-0.05, 0) is 18.2 Å². The normalized spacial score (nSPS) is 15.1. The van der Waals surface area contributed by atoms with Gasteiger partial charge in [0.2, 0.25) is 5.91 Å². The number of hydrogen-bond donors (Lipinski definition) is 1. The molecule has 1 aliphatic heterocycles. The van der Waals surface area contributed by atoms with Gasteiger partial charge in [-0.25, -0.2) is 12.7 Å². The number of quaternary nitrogens is 1. The summed E-state index contributed by atoms with van der Waals surface area (Å²) in [5.41, 5.74) is -0.503. The molecule has 0 aliphatic carbocycles. The van der Waals surface area contributed by atoms with E-state index in [-0.39, 0.29) is 22.2 Å². The lowest BCUT2D eigenvalue weighted by Gasteiger charge is -2.32. The lowest BCUT2D eigenvalue weighted by molar-refractivity contribution is -0.883. The quantitative estimate of drug-likeness (QED) is 0.530. The van der Waals surface area contributed by atoms with Gasteiger partial charge in [0.1, 0.15) is 12.2 Å². The highest BCUT2D eigenvalue weighted by Gasteiger charge is 2.33. The highest BCUT2D eigenvalue weighted by molar-refractivity contribution is 7.92. The van der Waals surface area contributed by atoms with Crippen molar-refractivity contribution in [2.75, 3.05) is 44.1 Å². The maximum Gasteiger partial charge on any atom is 0.293 e. The van der Waals surface area contributed by atoms with E-state index < -0.39 is 21.5 Å². The third-order valence-corrected chi connectivity index (χ3v) is 6.70. The predicted octanol–water partition coefficient (Wildman–Crippen LogP) is 0.147. The molecule has 1 fully saturated rings. The molecule has 0 bridgehead atoms. The van der Waals surface area contributed by atoms with Gasteiger partial charge < -0.3 is 9.80 Å². The third kappa shape index (κ3) is 4.54. The number of piperazine rings is 1. The van der Waals surface area contributed by atoms with Crippen molar-refractivity contribution in [3.05, 3.63) is 64.7 Å². The Morgan fingerprint density at radius 2 is 1.69 bits per heavy atom. The Kier molecular flexibility index (Phi) is 6.14. The van der Waals surface area contributed by atoms with Crippen LogP contribution in [0, 0.1) is 10.1 Å². The van der Waals surface area contributed by atoms with Gasteiger partial charge in [0.05, 0.1) is 43.0 Å². The lowest BCUT2D eigenvalue weighted by atomic mass is 10.2.